The van der Waals surface area contributed by atoms with Gasteiger partial charge in [-0.3, -0.25) is 0 Å². The molecule has 2 aromatic heterocycles. The number of fused-ring (bicyclic) bond motifs is 6. The van der Waals surface area contributed by atoms with Crippen LogP contribution in [0.2, 0.25) is 0 Å². The van der Waals surface area contributed by atoms with Crippen LogP contribution in [0.25, 0.3) is 55.0 Å². The average molecular weight is 479 g/mol. The van der Waals surface area contributed by atoms with Crippen LogP contribution in [-0.4, -0.2) is 9.13 Å². The van der Waals surface area contributed by atoms with Crippen molar-refractivity contribution in [2.24, 2.45) is 0 Å². The Morgan fingerprint density at radius 1 is 0.514 bits per heavy atom. The minimum absolute atomic E-state index is 1.06. The summed E-state index contributed by atoms with van der Waals surface area (Å²) < 4.78 is 4.96. The van der Waals surface area contributed by atoms with Gasteiger partial charge in [-0.2, -0.15) is 0 Å². The predicted octanol–water partition coefficient (Wildman–Crippen LogP) is 9.61. The van der Waals surface area contributed by atoms with Crippen LogP contribution >= 0.6 is 0 Å². The lowest BCUT2D eigenvalue weighted by Gasteiger charge is -2.14. The minimum Gasteiger partial charge on any atom is -0.309 e. The molecule has 0 aliphatic rings. The molecule has 37 heavy (non-hydrogen) atoms. The number of para-hydroxylation sites is 4. The van der Waals surface area contributed by atoms with Crippen molar-refractivity contribution in [3.8, 4) is 11.4 Å². The van der Waals surface area contributed by atoms with Gasteiger partial charge in [0.15, 0.2) is 0 Å². The Balaban J connectivity index is 1.72. The van der Waals surface area contributed by atoms with E-state index in [1.807, 2.05) is 0 Å². The molecule has 7 rings (SSSR count). The minimum atomic E-state index is 1.06. The van der Waals surface area contributed by atoms with E-state index in [0.29, 0.717) is 0 Å². The summed E-state index contributed by atoms with van der Waals surface area (Å²) in [6.07, 6.45) is 4.70. The van der Waals surface area contributed by atoms with Crippen molar-refractivity contribution >= 4 is 43.6 Å². The number of unbranched alkanes of at least 4 members (excludes halogenated alkanes) is 2. The van der Waals surface area contributed by atoms with E-state index in [0.717, 1.165) is 6.42 Å². The van der Waals surface area contributed by atoms with Crippen LogP contribution in [-0.2, 0) is 6.42 Å². The Kier molecular flexibility index (Phi) is 5.32. The molecule has 2 heterocycles. The zero-order chi connectivity index (χ0) is 24.8. The first-order chi connectivity index (χ1) is 18.4. The summed E-state index contributed by atoms with van der Waals surface area (Å²) in [6, 6.07) is 41.9. The van der Waals surface area contributed by atoms with Gasteiger partial charge >= 0.3 is 0 Å². The van der Waals surface area contributed by atoms with Crippen molar-refractivity contribution in [3.05, 3.63) is 121 Å². The SMILES string of the molecule is CCCCCc1c2c3ccccc3n(-c3ccccc3)c2cc2c3ccccc3n(-c3ccccc3)c12. The smallest absolute Gasteiger partial charge is 0.0580 e. The summed E-state index contributed by atoms with van der Waals surface area (Å²) >= 11 is 0. The second kappa shape index (κ2) is 8.97. The molecular weight excluding hydrogens is 448 g/mol. The van der Waals surface area contributed by atoms with Crippen molar-refractivity contribution in [1.29, 1.82) is 0 Å². The molecule has 0 amide bonds. The lowest BCUT2D eigenvalue weighted by atomic mass is 9.97. The summed E-state index contributed by atoms with van der Waals surface area (Å²) in [5, 5.41) is 5.37. The molecule has 2 heteroatoms. The van der Waals surface area contributed by atoms with Gasteiger partial charge in [0.1, 0.15) is 0 Å². The van der Waals surface area contributed by atoms with Crippen LogP contribution < -0.4 is 0 Å². The number of hydrogen-bond acceptors (Lipinski definition) is 0. The molecule has 0 spiro atoms. The maximum atomic E-state index is 2.50. The molecule has 0 aliphatic heterocycles. The monoisotopic (exact) mass is 478 g/mol. The van der Waals surface area contributed by atoms with Crippen LogP contribution in [0.5, 0.6) is 0 Å². The highest BCUT2D eigenvalue weighted by atomic mass is 15.0. The van der Waals surface area contributed by atoms with Crippen LogP contribution in [0.1, 0.15) is 31.7 Å². The molecule has 0 unspecified atom stereocenters. The van der Waals surface area contributed by atoms with Crippen molar-refractivity contribution in [1.82, 2.24) is 9.13 Å². The quantitative estimate of drug-likeness (QED) is 0.211. The van der Waals surface area contributed by atoms with Crippen LogP contribution in [0.15, 0.2) is 115 Å². The number of rotatable bonds is 6. The van der Waals surface area contributed by atoms with E-state index in [1.54, 1.807) is 0 Å². The fourth-order valence-electron chi connectivity index (χ4n) is 6.17. The van der Waals surface area contributed by atoms with E-state index < -0.39 is 0 Å². The van der Waals surface area contributed by atoms with Crippen molar-refractivity contribution < 1.29 is 0 Å². The summed E-state index contributed by atoms with van der Waals surface area (Å²) in [7, 11) is 0. The van der Waals surface area contributed by atoms with E-state index >= 15 is 0 Å². The Hall–Kier alpha value is -4.30. The molecule has 2 nitrogen and oxygen atoms in total. The van der Waals surface area contributed by atoms with E-state index in [4.69, 9.17) is 0 Å². The van der Waals surface area contributed by atoms with Gasteiger partial charge in [-0.25, -0.2) is 0 Å². The normalized spacial score (nSPS) is 11.8. The highest BCUT2D eigenvalue weighted by Gasteiger charge is 2.22. The van der Waals surface area contributed by atoms with Crippen molar-refractivity contribution in [2.45, 2.75) is 32.6 Å². The molecule has 0 saturated heterocycles. The lowest BCUT2D eigenvalue weighted by molar-refractivity contribution is 0.721. The first-order valence-corrected chi connectivity index (χ1v) is 13.5. The average Bonchev–Trinajstić information content (AvgIpc) is 3.47. The summed E-state index contributed by atoms with van der Waals surface area (Å²) in [5.74, 6) is 0. The molecular formula is C35H30N2. The van der Waals surface area contributed by atoms with E-state index in [9.17, 15) is 0 Å². The summed E-state index contributed by atoms with van der Waals surface area (Å²) in [4.78, 5) is 0. The van der Waals surface area contributed by atoms with Crippen molar-refractivity contribution in [2.75, 3.05) is 0 Å². The predicted molar refractivity (Wildman–Crippen MR) is 158 cm³/mol. The number of aromatic nitrogens is 2. The highest BCUT2D eigenvalue weighted by Crippen LogP contribution is 2.43. The lowest BCUT2D eigenvalue weighted by Crippen LogP contribution is -1.99. The third kappa shape index (κ3) is 3.40. The van der Waals surface area contributed by atoms with Gasteiger partial charge in [-0.1, -0.05) is 92.6 Å². The Bertz CT molecular complexity index is 1870. The molecule has 0 bridgehead atoms. The van der Waals surface area contributed by atoms with Gasteiger partial charge in [0.2, 0.25) is 0 Å². The first-order valence-electron chi connectivity index (χ1n) is 13.5. The largest absolute Gasteiger partial charge is 0.309 e. The van der Waals surface area contributed by atoms with E-state index in [1.165, 1.54) is 79.8 Å². The third-order valence-electron chi connectivity index (χ3n) is 7.75. The first kappa shape index (κ1) is 21.9. The highest BCUT2D eigenvalue weighted by molar-refractivity contribution is 6.21. The number of aryl methyl sites for hydroxylation is 1. The molecule has 0 aliphatic carbocycles. The topological polar surface area (TPSA) is 9.86 Å². The van der Waals surface area contributed by atoms with Crippen molar-refractivity contribution in [3.63, 3.8) is 0 Å². The van der Waals surface area contributed by atoms with Gasteiger partial charge in [0, 0.05) is 32.9 Å². The third-order valence-corrected chi connectivity index (χ3v) is 7.75. The summed E-state index contributed by atoms with van der Waals surface area (Å²) in [6.45, 7) is 2.29. The standard InChI is InChI=1S/C35H30N2/c1-2-3-6-21-29-34-28-20-12-14-23-32(28)36(25-15-7-4-8-16-25)33(34)24-30-27-19-11-13-22-31(27)37(35(29)30)26-17-9-5-10-18-26/h4-5,7-20,22-24H,2-3,6,21H2,1H3. The number of benzene rings is 5. The van der Waals surface area contributed by atoms with Crippen LogP contribution in [0.4, 0.5) is 0 Å². The molecule has 0 radical (unpaired) electrons. The van der Waals surface area contributed by atoms with Gasteiger partial charge in [-0.05, 0) is 60.9 Å². The molecule has 5 aromatic carbocycles. The molecule has 0 fully saturated rings. The van der Waals surface area contributed by atoms with Crippen LogP contribution in [0.3, 0.4) is 0 Å². The van der Waals surface area contributed by atoms with Crippen LogP contribution in [0, 0.1) is 0 Å². The maximum absolute atomic E-state index is 2.50. The maximum Gasteiger partial charge on any atom is 0.0580 e. The zero-order valence-corrected chi connectivity index (χ0v) is 21.2. The van der Waals surface area contributed by atoms with Gasteiger partial charge in [-0.15, -0.1) is 0 Å². The molecule has 0 saturated carbocycles. The Labute approximate surface area is 217 Å². The molecule has 7 aromatic rings. The van der Waals surface area contributed by atoms with E-state index in [-0.39, 0.29) is 0 Å². The Morgan fingerprint density at radius 2 is 1.08 bits per heavy atom. The van der Waals surface area contributed by atoms with Gasteiger partial charge < -0.3 is 9.13 Å². The van der Waals surface area contributed by atoms with Gasteiger partial charge in [0.25, 0.3) is 0 Å². The van der Waals surface area contributed by atoms with Gasteiger partial charge in [0.05, 0.1) is 22.1 Å². The fourth-order valence-corrected chi connectivity index (χ4v) is 6.17. The molecule has 0 atom stereocenters. The number of nitrogens with zero attached hydrogens (tertiary/aromatic N) is 2. The molecule has 0 N–H and O–H groups in total. The second-order valence-corrected chi connectivity index (χ2v) is 9.98. The number of hydrogen-bond donors (Lipinski definition) is 0. The fraction of sp³-hybridized carbons (Fsp3) is 0.143. The summed E-state index contributed by atoms with van der Waals surface area (Å²) in [5.41, 5.74) is 9.07. The zero-order valence-electron chi connectivity index (χ0n) is 21.2. The molecule has 180 valence electrons. The van der Waals surface area contributed by atoms with E-state index in [2.05, 4.69) is 131 Å². The second-order valence-electron chi connectivity index (χ2n) is 9.98. The Morgan fingerprint density at radius 3 is 1.76 bits per heavy atom.